The Kier molecular flexibility index (Phi) is 5.50. The van der Waals surface area contributed by atoms with Gasteiger partial charge in [0.05, 0.1) is 0 Å². The predicted molar refractivity (Wildman–Crippen MR) is 91.0 cm³/mol. The van der Waals surface area contributed by atoms with Gasteiger partial charge in [0.15, 0.2) is 0 Å². The van der Waals surface area contributed by atoms with Crippen molar-refractivity contribution < 1.29 is 4.79 Å². The molecule has 7 heteroatoms. The van der Waals surface area contributed by atoms with Crippen LogP contribution in [0.4, 0.5) is 0 Å². The van der Waals surface area contributed by atoms with Crippen molar-refractivity contribution in [2.45, 2.75) is 51.1 Å². The van der Waals surface area contributed by atoms with Gasteiger partial charge in [-0.25, -0.2) is 4.79 Å². The van der Waals surface area contributed by atoms with E-state index >= 15 is 0 Å². The summed E-state index contributed by atoms with van der Waals surface area (Å²) in [5.41, 5.74) is -0.966. The van der Waals surface area contributed by atoms with Crippen LogP contribution in [-0.4, -0.2) is 57.5 Å². The van der Waals surface area contributed by atoms with E-state index in [0.29, 0.717) is 0 Å². The first kappa shape index (κ1) is 17.0. The Morgan fingerprint density at radius 3 is 2.62 bits per heavy atom. The molecule has 132 valence electrons. The maximum Gasteiger partial charge on any atom is 0.328 e. The maximum absolute atomic E-state index is 12.7. The predicted octanol–water partition coefficient (Wildman–Crippen LogP) is 0.404. The third kappa shape index (κ3) is 4.14. The SMILES string of the molecule is O=C(Cn1ccc(=O)[nH]c1=O)N1CCCC[C@H]1CCN1CCCC1. The number of nitrogens with zero attached hydrogens (tertiary/aromatic N) is 3. The molecule has 1 amide bonds. The van der Waals surface area contributed by atoms with Crippen molar-refractivity contribution in [3.8, 4) is 0 Å². The summed E-state index contributed by atoms with van der Waals surface area (Å²) in [6.07, 6.45) is 8.18. The van der Waals surface area contributed by atoms with Crippen LogP contribution in [0, 0.1) is 0 Å². The van der Waals surface area contributed by atoms with Crippen molar-refractivity contribution in [1.82, 2.24) is 19.4 Å². The average Bonchev–Trinajstić information content (AvgIpc) is 3.09. The average molecular weight is 334 g/mol. The zero-order valence-electron chi connectivity index (χ0n) is 14.1. The molecule has 7 nitrogen and oxygen atoms in total. The number of aromatic amines is 1. The molecule has 1 aromatic heterocycles. The molecule has 3 heterocycles. The van der Waals surface area contributed by atoms with Gasteiger partial charge in [-0.05, 0) is 51.6 Å². The smallest absolute Gasteiger partial charge is 0.328 e. The van der Waals surface area contributed by atoms with Gasteiger partial charge in [-0.2, -0.15) is 0 Å². The molecule has 2 aliphatic heterocycles. The molecule has 2 fully saturated rings. The molecule has 1 aromatic rings. The lowest BCUT2D eigenvalue weighted by Crippen LogP contribution is -2.47. The summed E-state index contributed by atoms with van der Waals surface area (Å²) in [6, 6.07) is 1.54. The van der Waals surface area contributed by atoms with Gasteiger partial charge in [0.2, 0.25) is 5.91 Å². The van der Waals surface area contributed by atoms with E-state index in [4.69, 9.17) is 0 Å². The van der Waals surface area contributed by atoms with E-state index in [2.05, 4.69) is 9.88 Å². The van der Waals surface area contributed by atoms with Gasteiger partial charge < -0.3 is 9.80 Å². The number of aromatic nitrogens is 2. The summed E-state index contributed by atoms with van der Waals surface area (Å²) in [5.74, 6) is -0.0322. The number of H-pyrrole nitrogens is 1. The number of nitrogens with one attached hydrogen (secondary N) is 1. The Morgan fingerprint density at radius 2 is 1.88 bits per heavy atom. The standard InChI is InChI=1S/C17H26N4O3/c22-15-7-12-20(17(24)18-15)13-16(23)21-10-2-1-5-14(21)6-11-19-8-3-4-9-19/h7,12,14H,1-6,8-11,13H2,(H,18,22,24)/t14-/m0/s1. The zero-order chi connectivity index (χ0) is 16.9. The van der Waals surface area contributed by atoms with Crippen LogP contribution in [0.25, 0.3) is 0 Å². The first-order valence-electron chi connectivity index (χ1n) is 8.95. The fourth-order valence-electron chi connectivity index (χ4n) is 3.77. The Morgan fingerprint density at radius 1 is 1.12 bits per heavy atom. The number of carbonyl (C=O) groups excluding carboxylic acids is 1. The summed E-state index contributed by atoms with van der Waals surface area (Å²) in [5, 5.41) is 0. The van der Waals surface area contributed by atoms with Crippen LogP contribution in [0.3, 0.4) is 0 Å². The minimum Gasteiger partial charge on any atom is -0.338 e. The van der Waals surface area contributed by atoms with Crippen LogP contribution < -0.4 is 11.2 Å². The van der Waals surface area contributed by atoms with Crippen molar-refractivity contribution in [1.29, 1.82) is 0 Å². The third-order valence-corrected chi connectivity index (χ3v) is 5.13. The number of piperidine rings is 1. The quantitative estimate of drug-likeness (QED) is 0.846. The van der Waals surface area contributed by atoms with Gasteiger partial charge >= 0.3 is 5.69 Å². The van der Waals surface area contributed by atoms with E-state index in [0.717, 1.165) is 38.8 Å². The molecule has 1 N–H and O–H groups in total. The maximum atomic E-state index is 12.7. The minimum absolute atomic E-state index is 0.00414. The number of likely N-dealkylation sites (tertiary alicyclic amines) is 2. The van der Waals surface area contributed by atoms with Crippen LogP contribution in [0.1, 0.15) is 38.5 Å². The van der Waals surface area contributed by atoms with E-state index in [9.17, 15) is 14.4 Å². The molecule has 1 atom stereocenters. The molecular formula is C17H26N4O3. The lowest BCUT2D eigenvalue weighted by Gasteiger charge is -2.36. The van der Waals surface area contributed by atoms with E-state index in [1.165, 1.54) is 42.8 Å². The van der Waals surface area contributed by atoms with Crippen molar-refractivity contribution in [2.75, 3.05) is 26.2 Å². The first-order valence-corrected chi connectivity index (χ1v) is 8.95. The van der Waals surface area contributed by atoms with Crippen molar-refractivity contribution in [3.63, 3.8) is 0 Å². The number of hydrogen-bond acceptors (Lipinski definition) is 4. The molecule has 2 saturated heterocycles. The molecule has 24 heavy (non-hydrogen) atoms. The molecule has 0 saturated carbocycles. The Labute approximate surface area is 141 Å². The van der Waals surface area contributed by atoms with Crippen LogP contribution >= 0.6 is 0 Å². The lowest BCUT2D eigenvalue weighted by atomic mass is 9.99. The fourth-order valence-corrected chi connectivity index (χ4v) is 3.77. The Hall–Kier alpha value is -1.89. The summed E-state index contributed by atoms with van der Waals surface area (Å²) >= 11 is 0. The van der Waals surface area contributed by atoms with Gasteiger partial charge in [0.25, 0.3) is 5.56 Å². The monoisotopic (exact) mass is 334 g/mol. The summed E-state index contributed by atoms with van der Waals surface area (Å²) in [6.45, 7) is 4.16. The molecule has 0 radical (unpaired) electrons. The first-order chi connectivity index (χ1) is 11.6. The van der Waals surface area contributed by atoms with Gasteiger partial charge in [0, 0.05) is 31.4 Å². The molecule has 0 unspecified atom stereocenters. The second-order valence-electron chi connectivity index (χ2n) is 6.81. The van der Waals surface area contributed by atoms with Gasteiger partial charge in [0.1, 0.15) is 6.54 Å². The van der Waals surface area contributed by atoms with E-state index < -0.39 is 11.2 Å². The number of rotatable bonds is 5. The van der Waals surface area contributed by atoms with Gasteiger partial charge in [-0.1, -0.05) is 0 Å². The largest absolute Gasteiger partial charge is 0.338 e. The van der Waals surface area contributed by atoms with Crippen LogP contribution in [-0.2, 0) is 11.3 Å². The van der Waals surface area contributed by atoms with Crippen molar-refractivity contribution in [3.05, 3.63) is 33.1 Å². The fraction of sp³-hybridized carbons (Fsp3) is 0.706. The minimum atomic E-state index is -0.526. The Bertz CT molecular complexity index is 675. The highest BCUT2D eigenvalue weighted by Gasteiger charge is 2.27. The van der Waals surface area contributed by atoms with E-state index in [1.807, 2.05) is 4.90 Å². The second kappa shape index (κ2) is 7.79. The topological polar surface area (TPSA) is 78.4 Å². The highest BCUT2D eigenvalue weighted by Crippen LogP contribution is 2.21. The molecule has 2 aliphatic rings. The molecule has 0 aliphatic carbocycles. The van der Waals surface area contributed by atoms with Crippen molar-refractivity contribution in [2.24, 2.45) is 0 Å². The van der Waals surface area contributed by atoms with E-state index in [-0.39, 0.29) is 18.5 Å². The summed E-state index contributed by atoms with van der Waals surface area (Å²) in [7, 11) is 0. The summed E-state index contributed by atoms with van der Waals surface area (Å²) in [4.78, 5) is 42.2. The number of amides is 1. The third-order valence-electron chi connectivity index (χ3n) is 5.13. The second-order valence-corrected chi connectivity index (χ2v) is 6.81. The lowest BCUT2D eigenvalue weighted by molar-refractivity contribution is -0.135. The molecule has 3 rings (SSSR count). The normalized spacial score (nSPS) is 22.0. The van der Waals surface area contributed by atoms with Crippen LogP contribution in [0.15, 0.2) is 21.9 Å². The van der Waals surface area contributed by atoms with Crippen LogP contribution in [0.2, 0.25) is 0 Å². The van der Waals surface area contributed by atoms with Gasteiger partial charge in [-0.3, -0.25) is 19.1 Å². The zero-order valence-corrected chi connectivity index (χ0v) is 14.1. The number of hydrogen-bond donors (Lipinski definition) is 1. The highest BCUT2D eigenvalue weighted by atomic mass is 16.2. The highest BCUT2D eigenvalue weighted by molar-refractivity contribution is 5.76. The molecule has 0 aromatic carbocycles. The molecule has 0 spiro atoms. The molecule has 0 bridgehead atoms. The number of carbonyl (C=O) groups is 1. The van der Waals surface area contributed by atoms with Gasteiger partial charge in [-0.15, -0.1) is 0 Å². The summed E-state index contributed by atoms with van der Waals surface area (Å²) < 4.78 is 1.27. The van der Waals surface area contributed by atoms with Crippen LogP contribution in [0.5, 0.6) is 0 Å². The van der Waals surface area contributed by atoms with E-state index in [1.54, 1.807) is 0 Å². The van der Waals surface area contributed by atoms with Crippen molar-refractivity contribution >= 4 is 5.91 Å². The molecular weight excluding hydrogens is 308 g/mol. The Balaban J connectivity index is 1.61.